The van der Waals surface area contributed by atoms with Gasteiger partial charge in [-0.15, -0.1) is 0 Å². The first-order valence-corrected chi connectivity index (χ1v) is 8.83. The average molecular weight is 345 g/mol. The molecule has 2 rings (SSSR count). The summed E-state index contributed by atoms with van der Waals surface area (Å²) in [5, 5.41) is 17.9. The molecule has 0 fully saturated rings. The lowest BCUT2D eigenvalue weighted by molar-refractivity contribution is 0.103. The molecule has 25 heavy (non-hydrogen) atoms. The number of benzene rings is 1. The Labute approximate surface area is 149 Å². The maximum Gasteiger partial charge on any atom is 0.192 e. The SMILES string of the molecule is O=C(C1=CCCC=C1)c1ccc(OCCCN(CCO)CCO)cc1. The minimum Gasteiger partial charge on any atom is -0.494 e. The van der Waals surface area contributed by atoms with Crippen molar-refractivity contribution in [2.45, 2.75) is 19.3 Å². The maximum atomic E-state index is 12.4. The van der Waals surface area contributed by atoms with Crippen LogP contribution in [0, 0.1) is 0 Å². The van der Waals surface area contributed by atoms with Crippen LogP contribution in [0.25, 0.3) is 0 Å². The summed E-state index contributed by atoms with van der Waals surface area (Å²) in [7, 11) is 0. The smallest absolute Gasteiger partial charge is 0.192 e. The van der Waals surface area contributed by atoms with Crippen molar-refractivity contribution in [3.05, 3.63) is 53.6 Å². The average Bonchev–Trinajstić information content (AvgIpc) is 2.66. The molecule has 1 aliphatic rings. The number of aliphatic hydroxyl groups is 2. The maximum absolute atomic E-state index is 12.4. The molecule has 0 heterocycles. The monoisotopic (exact) mass is 345 g/mol. The minimum absolute atomic E-state index is 0.0474. The lowest BCUT2D eigenvalue weighted by Crippen LogP contribution is -2.31. The Bertz CT molecular complexity index is 586. The van der Waals surface area contributed by atoms with Crippen molar-refractivity contribution in [3.8, 4) is 5.75 Å². The second kappa shape index (κ2) is 10.8. The number of hydrogen-bond donors (Lipinski definition) is 2. The summed E-state index contributed by atoms with van der Waals surface area (Å²) in [4.78, 5) is 14.4. The first-order valence-electron chi connectivity index (χ1n) is 8.83. The Morgan fingerprint density at radius 2 is 1.76 bits per heavy atom. The van der Waals surface area contributed by atoms with Crippen LogP contribution in [0.4, 0.5) is 0 Å². The van der Waals surface area contributed by atoms with Crippen LogP contribution in [0.5, 0.6) is 5.75 Å². The molecule has 0 radical (unpaired) electrons. The van der Waals surface area contributed by atoms with Crippen molar-refractivity contribution < 1.29 is 19.7 Å². The van der Waals surface area contributed by atoms with Gasteiger partial charge in [0.05, 0.1) is 19.8 Å². The van der Waals surface area contributed by atoms with Gasteiger partial charge in [-0.1, -0.05) is 18.2 Å². The Morgan fingerprint density at radius 1 is 1.04 bits per heavy atom. The van der Waals surface area contributed by atoms with Gasteiger partial charge < -0.3 is 14.9 Å². The Balaban J connectivity index is 1.77. The highest BCUT2D eigenvalue weighted by Gasteiger charge is 2.11. The molecule has 0 spiro atoms. The number of ether oxygens (including phenoxy) is 1. The van der Waals surface area contributed by atoms with Gasteiger partial charge in [-0.25, -0.2) is 0 Å². The second-order valence-electron chi connectivity index (χ2n) is 5.98. The second-order valence-corrected chi connectivity index (χ2v) is 5.98. The van der Waals surface area contributed by atoms with Crippen molar-refractivity contribution in [2.75, 3.05) is 39.5 Å². The normalized spacial score (nSPS) is 13.8. The van der Waals surface area contributed by atoms with Crippen molar-refractivity contribution in [1.29, 1.82) is 0 Å². The molecule has 136 valence electrons. The van der Waals surface area contributed by atoms with E-state index in [1.165, 1.54) is 0 Å². The van der Waals surface area contributed by atoms with E-state index < -0.39 is 0 Å². The zero-order valence-electron chi connectivity index (χ0n) is 14.6. The molecule has 1 aromatic carbocycles. The largest absolute Gasteiger partial charge is 0.494 e. The van der Waals surface area contributed by atoms with Crippen molar-refractivity contribution in [1.82, 2.24) is 4.90 Å². The molecule has 5 heteroatoms. The van der Waals surface area contributed by atoms with Crippen LogP contribution in [0.15, 0.2) is 48.1 Å². The van der Waals surface area contributed by atoms with Crippen LogP contribution in [0.3, 0.4) is 0 Å². The van der Waals surface area contributed by atoms with Crippen LogP contribution >= 0.6 is 0 Å². The van der Waals surface area contributed by atoms with E-state index in [1.807, 2.05) is 35.3 Å². The molecule has 0 unspecified atom stereocenters. The zero-order valence-corrected chi connectivity index (χ0v) is 14.6. The number of aliphatic hydroxyl groups excluding tert-OH is 2. The molecule has 0 saturated heterocycles. The van der Waals surface area contributed by atoms with E-state index in [9.17, 15) is 4.79 Å². The highest BCUT2D eigenvalue weighted by molar-refractivity contribution is 6.10. The van der Waals surface area contributed by atoms with E-state index in [0.717, 1.165) is 37.1 Å². The van der Waals surface area contributed by atoms with Gasteiger partial charge in [0.2, 0.25) is 0 Å². The van der Waals surface area contributed by atoms with Crippen LogP contribution in [-0.2, 0) is 0 Å². The third-order valence-electron chi connectivity index (χ3n) is 4.09. The molecule has 1 aromatic rings. The van der Waals surface area contributed by atoms with Gasteiger partial charge in [-0.05, 0) is 43.5 Å². The number of hydrogen-bond acceptors (Lipinski definition) is 5. The number of allylic oxidation sites excluding steroid dienone is 4. The fourth-order valence-electron chi connectivity index (χ4n) is 2.75. The standard InChI is InChI=1S/C20H27NO4/c22-14-12-21(13-15-23)11-4-16-25-19-9-7-18(8-10-19)20(24)17-5-2-1-3-6-17/h2,5-10,22-23H,1,3-4,11-16H2. The third-order valence-corrected chi connectivity index (χ3v) is 4.09. The van der Waals surface area contributed by atoms with Crippen LogP contribution < -0.4 is 4.74 Å². The summed E-state index contributed by atoms with van der Waals surface area (Å²) in [6, 6.07) is 7.23. The van der Waals surface area contributed by atoms with E-state index in [-0.39, 0.29) is 19.0 Å². The third kappa shape index (κ3) is 6.46. The number of ketones is 1. The molecule has 0 bridgehead atoms. The predicted molar refractivity (Wildman–Crippen MR) is 98.0 cm³/mol. The number of nitrogens with zero attached hydrogens (tertiary/aromatic N) is 1. The highest BCUT2D eigenvalue weighted by Crippen LogP contribution is 2.18. The zero-order chi connectivity index (χ0) is 17.9. The summed E-state index contributed by atoms with van der Waals surface area (Å²) >= 11 is 0. The number of carbonyl (C=O) groups excluding carboxylic acids is 1. The molecule has 1 aliphatic carbocycles. The van der Waals surface area contributed by atoms with Crippen LogP contribution in [0.1, 0.15) is 29.6 Å². The summed E-state index contributed by atoms with van der Waals surface area (Å²) in [5.74, 6) is 0.784. The molecule has 0 atom stereocenters. The van der Waals surface area contributed by atoms with Gasteiger partial charge in [-0.2, -0.15) is 0 Å². The summed E-state index contributed by atoms with van der Waals surface area (Å²) < 4.78 is 5.70. The summed E-state index contributed by atoms with van der Waals surface area (Å²) in [6.07, 6.45) is 8.62. The first-order chi connectivity index (χ1) is 12.2. The number of Topliss-reactive ketones (excluding diaryl/α,β-unsaturated/α-hetero) is 1. The van der Waals surface area contributed by atoms with Gasteiger partial charge in [0, 0.05) is 30.8 Å². The van der Waals surface area contributed by atoms with E-state index >= 15 is 0 Å². The summed E-state index contributed by atoms with van der Waals surface area (Å²) in [5.41, 5.74) is 1.43. The lowest BCUT2D eigenvalue weighted by Gasteiger charge is -2.19. The quantitative estimate of drug-likeness (QED) is 0.475. The van der Waals surface area contributed by atoms with Gasteiger partial charge in [-0.3, -0.25) is 9.69 Å². The number of carbonyl (C=O) groups is 1. The molecule has 0 aliphatic heterocycles. The van der Waals surface area contributed by atoms with Crippen molar-refractivity contribution >= 4 is 5.78 Å². The first kappa shape index (κ1) is 19.4. The Hall–Kier alpha value is -1.95. The molecule has 5 nitrogen and oxygen atoms in total. The minimum atomic E-state index is 0.0474. The predicted octanol–water partition coefficient (Wildman–Crippen LogP) is 2.20. The van der Waals surface area contributed by atoms with Crippen LogP contribution in [0.2, 0.25) is 0 Å². The molecule has 0 saturated carbocycles. The molecular weight excluding hydrogens is 318 g/mol. The van der Waals surface area contributed by atoms with E-state index in [4.69, 9.17) is 14.9 Å². The van der Waals surface area contributed by atoms with Gasteiger partial charge in [0.15, 0.2) is 5.78 Å². The van der Waals surface area contributed by atoms with Crippen molar-refractivity contribution in [2.24, 2.45) is 0 Å². The van der Waals surface area contributed by atoms with E-state index in [1.54, 1.807) is 12.1 Å². The van der Waals surface area contributed by atoms with Crippen molar-refractivity contribution in [3.63, 3.8) is 0 Å². The van der Waals surface area contributed by atoms with Crippen LogP contribution in [-0.4, -0.2) is 60.4 Å². The topological polar surface area (TPSA) is 70.0 Å². The van der Waals surface area contributed by atoms with E-state index in [2.05, 4.69) is 0 Å². The van der Waals surface area contributed by atoms with Gasteiger partial charge in [0.25, 0.3) is 0 Å². The summed E-state index contributed by atoms with van der Waals surface area (Å²) in [6.45, 7) is 2.60. The van der Waals surface area contributed by atoms with Gasteiger partial charge in [0.1, 0.15) is 5.75 Å². The molecule has 0 amide bonds. The lowest BCUT2D eigenvalue weighted by atomic mass is 9.98. The van der Waals surface area contributed by atoms with Gasteiger partial charge >= 0.3 is 0 Å². The molecule has 0 aromatic heterocycles. The fraction of sp³-hybridized carbons (Fsp3) is 0.450. The Kier molecular flexibility index (Phi) is 8.39. The Morgan fingerprint density at radius 3 is 2.36 bits per heavy atom. The molecular formula is C20H27NO4. The molecule has 2 N–H and O–H groups in total. The van der Waals surface area contributed by atoms with E-state index in [0.29, 0.717) is 25.3 Å². The fourth-order valence-corrected chi connectivity index (χ4v) is 2.75. The highest BCUT2D eigenvalue weighted by atomic mass is 16.5. The number of rotatable bonds is 11.